The maximum Gasteiger partial charge on any atom is 0.270 e. The first-order valence-corrected chi connectivity index (χ1v) is 8.08. The van der Waals surface area contributed by atoms with E-state index in [0.717, 1.165) is 0 Å². The van der Waals surface area contributed by atoms with Crippen LogP contribution in [0.5, 0.6) is 11.5 Å². The Labute approximate surface area is 146 Å². The van der Waals surface area contributed by atoms with Crippen molar-refractivity contribution in [2.45, 2.75) is 0 Å². The Balaban J connectivity index is 1.68. The molecule has 0 aliphatic carbocycles. The van der Waals surface area contributed by atoms with Crippen LogP contribution in [-0.4, -0.2) is 67.0 Å². The van der Waals surface area contributed by atoms with E-state index in [2.05, 4.69) is 4.98 Å². The van der Waals surface area contributed by atoms with Gasteiger partial charge < -0.3 is 24.3 Å². The van der Waals surface area contributed by atoms with Crippen molar-refractivity contribution in [3.63, 3.8) is 0 Å². The molecule has 0 atom stereocenters. The number of carbonyl (C=O) groups excluding carboxylic acids is 2. The van der Waals surface area contributed by atoms with E-state index in [4.69, 9.17) is 9.47 Å². The Hall–Kier alpha value is -2.96. The fourth-order valence-electron chi connectivity index (χ4n) is 2.90. The summed E-state index contributed by atoms with van der Waals surface area (Å²) < 4.78 is 10.5. The number of aromatic amines is 1. The molecule has 132 valence electrons. The van der Waals surface area contributed by atoms with Crippen molar-refractivity contribution < 1.29 is 19.1 Å². The highest BCUT2D eigenvalue weighted by Crippen LogP contribution is 2.25. The van der Waals surface area contributed by atoms with Gasteiger partial charge in [-0.05, 0) is 30.3 Å². The second kappa shape index (κ2) is 7.29. The minimum absolute atomic E-state index is 0.0453. The van der Waals surface area contributed by atoms with Gasteiger partial charge in [0.15, 0.2) is 0 Å². The monoisotopic (exact) mass is 343 g/mol. The maximum atomic E-state index is 12.8. The lowest BCUT2D eigenvalue weighted by atomic mass is 10.1. The van der Waals surface area contributed by atoms with Gasteiger partial charge >= 0.3 is 0 Å². The number of hydrogen-bond donors (Lipinski definition) is 1. The minimum atomic E-state index is -0.122. The normalized spacial score (nSPS) is 14.3. The van der Waals surface area contributed by atoms with E-state index in [1.165, 1.54) is 7.11 Å². The SMILES string of the molecule is COc1ccc(OC)c(C(=O)N2CCN(C(=O)c3ccc[nH]3)CC2)c1. The average Bonchev–Trinajstić information content (AvgIpc) is 3.21. The number of ether oxygens (including phenoxy) is 2. The van der Waals surface area contributed by atoms with Crippen molar-refractivity contribution in [3.8, 4) is 11.5 Å². The third kappa shape index (κ3) is 3.45. The van der Waals surface area contributed by atoms with Crippen LogP contribution in [0.1, 0.15) is 20.8 Å². The molecule has 1 N–H and O–H groups in total. The highest BCUT2D eigenvalue weighted by molar-refractivity contribution is 5.98. The van der Waals surface area contributed by atoms with E-state index >= 15 is 0 Å². The zero-order valence-corrected chi connectivity index (χ0v) is 14.3. The Morgan fingerprint density at radius 3 is 2.20 bits per heavy atom. The molecule has 0 saturated carbocycles. The van der Waals surface area contributed by atoms with Gasteiger partial charge in [0.05, 0.1) is 19.8 Å². The van der Waals surface area contributed by atoms with Crippen molar-refractivity contribution in [3.05, 3.63) is 47.8 Å². The van der Waals surface area contributed by atoms with Crippen LogP contribution in [0.4, 0.5) is 0 Å². The number of hydrogen-bond acceptors (Lipinski definition) is 4. The number of piperazine rings is 1. The van der Waals surface area contributed by atoms with Crippen LogP contribution in [0.2, 0.25) is 0 Å². The molecule has 1 aromatic heterocycles. The Kier molecular flexibility index (Phi) is 4.92. The second-order valence-electron chi connectivity index (χ2n) is 5.73. The van der Waals surface area contributed by atoms with Gasteiger partial charge in [0.25, 0.3) is 11.8 Å². The largest absolute Gasteiger partial charge is 0.497 e. The van der Waals surface area contributed by atoms with Crippen LogP contribution in [0, 0.1) is 0 Å². The summed E-state index contributed by atoms with van der Waals surface area (Å²) in [5.74, 6) is 0.944. The number of methoxy groups -OCH3 is 2. The van der Waals surface area contributed by atoms with Gasteiger partial charge in [-0.2, -0.15) is 0 Å². The number of nitrogens with zero attached hydrogens (tertiary/aromatic N) is 2. The molecule has 1 aliphatic rings. The molecule has 2 aromatic rings. The van der Waals surface area contributed by atoms with Gasteiger partial charge in [0, 0.05) is 32.4 Å². The lowest BCUT2D eigenvalue weighted by molar-refractivity contribution is 0.0530. The summed E-state index contributed by atoms with van der Waals surface area (Å²) >= 11 is 0. The second-order valence-corrected chi connectivity index (χ2v) is 5.73. The fraction of sp³-hybridized carbons (Fsp3) is 0.333. The maximum absolute atomic E-state index is 12.8. The molecule has 3 rings (SSSR count). The zero-order valence-electron chi connectivity index (χ0n) is 14.3. The van der Waals surface area contributed by atoms with Crippen molar-refractivity contribution >= 4 is 11.8 Å². The van der Waals surface area contributed by atoms with Crippen LogP contribution >= 0.6 is 0 Å². The molecule has 1 saturated heterocycles. The van der Waals surface area contributed by atoms with Gasteiger partial charge in [-0.15, -0.1) is 0 Å². The molecule has 7 nitrogen and oxygen atoms in total. The molecule has 0 spiro atoms. The van der Waals surface area contributed by atoms with E-state index in [9.17, 15) is 9.59 Å². The van der Waals surface area contributed by atoms with Gasteiger partial charge in [-0.1, -0.05) is 0 Å². The third-order valence-electron chi connectivity index (χ3n) is 4.32. The number of aromatic nitrogens is 1. The van der Waals surface area contributed by atoms with Crippen molar-refractivity contribution in [2.24, 2.45) is 0 Å². The number of benzene rings is 1. The summed E-state index contributed by atoms with van der Waals surface area (Å²) in [5, 5.41) is 0. The number of nitrogens with one attached hydrogen (secondary N) is 1. The number of rotatable bonds is 4. The van der Waals surface area contributed by atoms with Gasteiger partial charge in [0.2, 0.25) is 0 Å². The van der Waals surface area contributed by atoms with Gasteiger partial charge in [-0.25, -0.2) is 0 Å². The van der Waals surface area contributed by atoms with E-state index in [1.807, 2.05) is 0 Å². The van der Waals surface area contributed by atoms with Gasteiger partial charge in [-0.3, -0.25) is 9.59 Å². The topological polar surface area (TPSA) is 74.9 Å². The molecular formula is C18H21N3O4. The predicted molar refractivity (Wildman–Crippen MR) is 92.1 cm³/mol. The molecule has 0 radical (unpaired) electrons. The standard InChI is InChI=1S/C18H21N3O4/c1-24-13-5-6-16(25-2)14(12-13)17(22)20-8-10-21(11-9-20)18(23)15-4-3-7-19-15/h3-7,12,19H,8-11H2,1-2H3. The van der Waals surface area contributed by atoms with Crippen molar-refractivity contribution in [1.29, 1.82) is 0 Å². The number of H-pyrrole nitrogens is 1. The van der Waals surface area contributed by atoms with E-state index in [0.29, 0.717) is 48.9 Å². The summed E-state index contributed by atoms with van der Waals surface area (Å²) in [6, 6.07) is 8.69. The molecule has 2 heterocycles. The minimum Gasteiger partial charge on any atom is -0.497 e. The molecule has 1 aromatic carbocycles. The highest BCUT2D eigenvalue weighted by Gasteiger charge is 2.27. The summed E-state index contributed by atoms with van der Waals surface area (Å²) in [6.45, 7) is 1.95. The molecule has 1 fully saturated rings. The number of carbonyl (C=O) groups is 2. The Morgan fingerprint density at radius 2 is 1.64 bits per heavy atom. The lowest BCUT2D eigenvalue weighted by Gasteiger charge is -2.34. The average molecular weight is 343 g/mol. The van der Waals surface area contributed by atoms with Crippen molar-refractivity contribution in [2.75, 3.05) is 40.4 Å². The predicted octanol–water partition coefficient (Wildman–Crippen LogP) is 1.63. The van der Waals surface area contributed by atoms with E-state index in [-0.39, 0.29) is 11.8 Å². The molecule has 0 unspecified atom stereocenters. The first-order valence-electron chi connectivity index (χ1n) is 8.08. The molecule has 0 bridgehead atoms. The smallest absolute Gasteiger partial charge is 0.270 e. The van der Waals surface area contributed by atoms with Crippen LogP contribution in [0.3, 0.4) is 0 Å². The molecule has 2 amide bonds. The summed E-state index contributed by atoms with van der Waals surface area (Å²) in [5.41, 5.74) is 1.03. The molecular weight excluding hydrogens is 322 g/mol. The van der Waals surface area contributed by atoms with E-state index < -0.39 is 0 Å². The van der Waals surface area contributed by atoms with Gasteiger partial charge in [0.1, 0.15) is 17.2 Å². The molecule has 25 heavy (non-hydrogen) atoms. The lowest BCUT2D eigenvalue weighted by Crippen LogP contribution is -2.50. The van der Waals surface area contributed by atoms with Crippen molar-refractivity contribution in [1.82, 2.24) is 14.8 Å². The Morgan fingerprint density at radius 1 is 0.960 bits per heavy atom. The highest BCUT2D eigenvalue weighted by atomic mass is 16.5. The summed E-state index contributed by atoms with van der Waals surface area (Å²) in [4.78, 5) is 31.6. The third-order valence-corrected chi connectivity index (χ3v) is 4.32. The quantitative estimate of drug-likeness (QED) is 0.916. The zero-order chi connectivity index (χ0) is 17.8. The van der Waals surface area contributed by atoms with Crippen LogP contribution < -0.4 is 9.47 Å². The van der Waals surface area contributed by atoms with Crippen LogP contribution in [0.15, 0.2) is 36.5 Å². The first-order chi connectivity index (χ1) is 12.1. The fourth-order valence-corrected chi connectivity index (χ4v) is 2.90. The summed E-state index contributed by atoms with van der Waals surface area (Å²) in [7, 11) is 3.09. The first kappa shape index (κ1) is 16.9. The molecule has 1 aliphatic heterocycles. The van der Waals surface area contributed by atoms with E-state index in [1.54, 1.807) is 53.4 Å². The molecule has 7 heteroatoms. The Bertz CT molecular complexity index is 750. The van der Waals surface area contributed by atoms with Crippen LogP contribution in [-0.2, 0) is 0 Å². The summed E-state index contributed by atoms with van der Waals surface area (Å²) in [6.07, 6.45) is 1.72. The number of amides is 2. The van der Waals surface area contributed by atoms with Crippen LogP contribution in [0.25, 0.3) is 0 Å².